The first-order valence-electron chi connectivity index (χ1n) is 10.9. The van der Waals surface area contributed by atoms with E-state index >= 15 is 0 Å². The maximum Gasteiger partial charge on any atom is 0.310 e. The Kier molecular flexibility index (Phi) is 8.48. The van der Waals surface area contributed by atoms with Crippen molar-refractivity contribution in [1.82, 2.24) is 4.90 Å². The molecule has 0 unspecified atom stereocenters. The molecule has 0 aliphatic heterocycles. The van der Waals surface area contributed by atoms with Crippen molar-refractivity contribution in [3.05, 3.63) is 59.4 Å². The molecular formula is C25H30FNO5. The third kappa shape index (κ3) is 6.45. The summed E-state index contributed by atoms with van der Waals surface area (Å²) in [7, 11) is 3.07. The highest BCUT2D eigenvalue weighted by molar-refractivity contribution is 5.81. The van der Waals surface area contributed by atoms with E-state index in [2.05, 4.69) is 0 Å². The number of nitrogens with zero attached hydrogens (tertiary/aromatic N) is 1. The van der Waals surface area contributed by atoms with Crippen molar-refractivity contribution in [1.29, 1.82) is 0 Å². The molecule has 0 spiro atoms. The number of esters is 1. The van der Waals surface area contributed by atoms with E-state index in [1.54, 1.807) is 42.3 Å². The monoisotopic (exact) mass is 443 g/mol. The quantitative estimate of drug-likeness (QED) is 0.541. The second-order valence-electron chi connectivity index (χ2n) is 7.97. The van der Waals surface area contributed by atoms with Crippen LogP contribution in [0.1, 0.15) is 43.2 Å². The van der Waals surface area contributed by atoms with Gasteiger partial charge in [-0.1, -0.05) is 37.5 Å². The number of hydrogen-bond donors (Lipinski definition) is 0. The smallest absolute Gasteiger partial charge is 0.310 e. The minimum atomic E-state index is -0.490. The Balaban J connectivity index is 1.61. The van der Waals surface area contributed by atoms with Crippen LogP contribution in [0.3, 0.4) is 0 Å². The van der Waals surface area contributed by atoms with Crippen molar-refractivity contribution in [2.45, 2.75) is 51.1 Å². The lowest BCUT2D eigenvalue weighted by molar-refractivity contribution is -0.153. The molecule has 6 nitrogen and oxygen atoms in total. The lowest BCUT2D eigenvalue weighted by Crippen LogP contribution is -2.43. The summed E-state index contributed by atoms with van der Waals surface area (Å²) in [4.78, 5) is 27.1. The van der Waals surface area contributed by atoms with Gasteiger partial charge in [-0.05, 0) is 48.2 Å². The summed E-state index contributed by atoms with van der Waals surface area (Å²) >= 11 is 0. The molecule has 32 heavy (non-hydrogen) atoms. The van der Waals surface area contributed by atoms with Crippen LogP contribution in [0.25, 0.3) is 0 Å². The summed E-state index contributed by atoms with van der Waals surface area (Å²) in [6, 6.07) is 11.4. The van der Waals surface area contributed by atoms with Crippen LogP contribution < -0.4 is 9.47 Å². The van der Waals surface area contributed by atoms with Gasteiger partial charge < -0.3 is 19.1 Å². The molecule has 7 heteroatoms. The van der Waals surface area contributed by atoms with E-state index < -0.39 is 5.97 Å². The Labute approximate surface area is 188 Å². The van der Waals surface area contributed by atoms with Crippen LogP contribution in [0, 0.1) is 5.82 Å². The van der Waals surface area contributed by atoms with Gasteiger partial charge in [0.2, 0.25) is 0 Å². The topological polar surface area (TPSA) is 65.1 Å². The van der Waals surface area contributed by atoms with Crippen molar-refractivity contribution >= 4 is 11.9 Å². The fourth-order valence-electron chi connectivity index (χ4n) is 4.03. The van der Waals surface area contributed by atoms with Crippen LogP contribution >= 0.6 is 0 Å². The Morgan fingerprint density at radius 1 is 0.938 bits per heavy atom. The molecule has 1 aliphatic carbocycles. The van der Waals surface area contributed by atoms with Crippen LogP contribution in [0.4, 0.5) is 4.39 Å². The van der Waals surface area contributed by atoms with Gasteiger partial charge in [0.1, 0.15) is 5.82 Å². The summed E-state index contributed by atoms with van der Waals surface area (Å²) < 4.78 is 29.0. The Hall–Kier alpha value is -3.09. The summed E-state index contributed by atoms with van der Waals surface area (Å²) in [5, 5.41) is 0. The fraction of sp³-hybridized carbons (Fsp3) is 0.440. The van der Waals surface area contributed by atoms with Crippen molar-refractivity contribution < 1.29 is 28.2 Å². The van der Waals surface area contributed by atoms with E-state index in [-0.39, 0.29) is 30.8 Å². The number of benzene rings is 2. The summed E-state index contributed by atoms with van der Waals surface area (Å²) in [6.45, 7) is 0.0564. The van der Waals surface area contributed by atoms with Crippen molar-refractivity contribution in [2.75, 3.05) is 20.8 Å². The average Bonchev–Trinajstić information content (AvgIpc) is 2.82. The summed E-state index contributed by atoms with van der Waals surface area (Å²) in [5.41, 5.74) is 1.55. The Morgan fingerprint density at radius 3 is 2.25 bits per heavy atom. The van der Waals surface area contributed by atoms with Crippen molar-refractivity contribution in [3.8, 4) is 11.5 Å². The number of carbonyl (C=O) groups excluding carboxylic acids is 2. The summed E-state index contributed by atoms with van der Waals surface area (Å²) in [5.74, 6) is 0.0616. The minimum absolute atomic E-state index is 0.0228. The van der Waals surface area contributed by atoms with Gasteiger partial charge >= 0.3 is 5.97 Å². The first-order chi connectivity index (χ1) is 15.5. The maximum absolute atomic E-state index is 13.3. The molecule has 0 radical (unpaired) electrons. The minimum Gasteiger partial charge on any atom is -0.493 e. The van der Waals surface area contributed by atoms with Gasteiger partial charge in [-0.2, -0.15) is 0 Å². The third-order valence-electron chi connectivity index (χ3n) is 5.76. The first-order valence-corrected chi connectivity index (χ1v) is 10.9. The molecule has 2 aromatic carbocycles. The van der Waals surface area contributed by atoms with Gasteiger partial charge in [0.05, 0.1) is 20.6 Å². The maximum atomic E-state index is 13.3. The van der Waals surface area contributed by atoms with E-state index in [1.165, 1.54) is 19.2 Å². The van der Waals surface area contributed by atoms with E-state index in [1.807, 2.05) is 0 Å². The van der Waals surface area contributed by atoms with Crippen molar-refractivity contribution in [3.63, 3.8) is 0 Å². The van der Waals surface area contributed by atoms with Gasteiger partial charge in [0.25, 0.3) is 5.91 Å². The number of halogens is 1. The summed E-state index contributed by atoms with van der Waals surface area (Å²) in [6.07, 6.45) is 5.16. The van der Waals surface area contributed by atoms with Crippen molar-refractivity contribution in [2.24, 2.45) is 0 Å². The van der Waals surface area contributed by atoms with Crippen LogP contribution in [-0.4, -0.2) is 43.6 Å². The zero-order valence-corrected chi connectivity index (χ0v) is 18.6. The zero-order chi connectivity index (χ0) is 22.9. The van der Waals surface area contributed by atoms with E-state index in [9.17, 15) is 14.0 Å². The van der Waals surface area contributed by atoms with E-state index in [0.717, 1.165) is 37.7 Å². The predicted molar refractivity (Wildman–Crippen MR) is 118 cm³/mol. The normalized spacial score (nSPS) is 14.0. The number of carbonyl (C=O) groups is 2. The van der Waals surface area contributed by atoms with Gasteiger partial charge in [-0.3, -0.25) is 9.59 Å². The second kappa shape index (κ2) is 11.5. The number of hydrogen-bond acceptors (Lipinski definition) is 5. The molecule has 2 aromatic rings. The van der Waals surface area contributed by atoms with Crippen LogP contribution in [0.2, 0.25) is 0 Å². The molecule has 1 fully saturated rings. The lowest BCUT2D eigenvalue weighted by Gasteiger charge is -2.34. The third-order valence-corrected chi connectivity index (χ3v) is 5.76. The van der Waals surface area contributed by atoms with Gasteiger partial charge in [-0.15, -0.1) is 0 Å². The number of amides is 1. The van der Waals surface area contributed by atoms with Gasteiger partial charge in [0.15, 0.2) is 18.1 Å². The average molecular weight is 444 g/mol. The van der Waals surface area contributed by atoms with Crippen LogP contribution in [-0.2, 0) is 27.3 Å². The molecule has 0 aromatic heterocycles. The van der Waals surface area contributed by atoms with Gasteiger partial charge in [0, 0.05) is 12.6 Å². The van der Waals surface area contributed by atoms with Crippen LogP contribution in [0.5, 0.6) is 11.5 Å². The predicted octanol–water partition coefficient (Wildman–Crippen LogP) is 4.29. The van der Waals surface area contributed by atoms with Crippen LogP contribution in [0.15, 0.2) is 42.5 Å². The Bertz CT molecular complexity index is 909. The highest BCUT2D eigenvalue weighted by atomic mass is 19.1. The molecule has 0 atom stereocenters. The van der Waals surface area contributed by atoms with E-state index in [4.69, 9.17) is 14.2 Å². The molecule has 0 N–H and O–H groups in total. The molecule has 0 bridgehead atoms. The highest BCUT2D eigenvalue weighted by Crippen LogP contribution is 2.28. The molecule has 1 aliphatic rings. The zero-order valence-electron chi connectivity index (χ0n) is 18.6. The highest BCUT2D eigenvalue weighted by Gasteiger charge is 2.26. The SMILES string of the molecule is COc1ccc(CC(=O)OCC(=O)N(Cc2ccc(F)cc2)C2CCCCC2)cc1OC. The first kappa shape index (κ1) is 23.6. The standard InChI is InChI=1S/C25H30FNO5/c1-30-22-13-10-19(14-23(22)31-2)15-25(29)32-17-24(28)27(21-6-4-3-5-7-21)16-18-8-11-20(26)12-9-18/h8-14,21H,3-7,15-17H2,1-2H3. The number of ether oxygens (including phenoxy) is 3. The fourth-order valence-corrected chi connectivity index (χ4v) is 4.03. The molecule has 1 saturated carbocycles. The molecule has 0 saturated heterocycles. The number of methoxy groups -OCH3 is 2. The lowest BCUT2D eigenvalue weighted by atomic mass is 9.93. The molecule has 3 rings (SSSR count). The number of rotatable bonds is 9. The molecule has 0 heterocycles. The second-order valence-corrected chi connectivity index (χ2v) is 7.97. The van der Waals surface area contributed by atoms with Gasteiger partial charge in [-0.25, -0.2) is 4.39 Å². The molecular weight excluding hydrogens is 413 g/mol. The van der Waals surface area contributed by atoms with E-state index in [0.29, 0.717) is 23.6 Å². The molecule has 1 amide bonds. The Morgan fingerprint density at radius 2 is 1.59 bits per heavy atom. The largest absolute Gasteiger partial charge is 0.493 e. The molecule has 172 valence electrons.